The van der Waals surface area contributed by atoms with Gasteiger partial charge in [-0.2, -0.15) is 0 Å². The fourth-order valence-electron chi connectivity index (χ4n) is 3.24. The summed E-state index contributed by atoms with van der Waals surface area (Å²) in [7, 11) is 0. The maximum absolute atomic E-state index is 12.6. The number of benzene rings is 1. The molecule has 134 valence electrons. The van der Waals surface area contributed by atoms with Crippen LogP contribution in [-0.2, 0) is 19.1 Å². The summed E-state index contributed by atoms with van der Waals surface area (Å²) in [4.78, 5) is 25.2. The van der Waals surface area contributed by atoms with Gasteiger partial charge in [0.05, 0.1) is 13.2 Å². The van der Waals surface area contributed by atoms with Gasteiger partial charge in [0.15, 0.2) is 5.41 Å². The molecule has 2 rings (SSSR count). The number of allylic oxidation sites excluding steroid dienone is 3. The average Bonchev–Trinajstić information content (AvgIpc) is 2.95. The highest BCUT2D eigenvalue weighted by Crippen LogP contribution is 2.47. The first-order valence-electron chi connectivity index (χ1n) is 8.74. The molecule has 1 aliphatic rings. The normalized spacial score (nSPS) is 19.2. The molecule has 0 N–H and O–H groups in total. The lowest BCUT2D eigenvalue weighted by atomic mass is 9.85. The van der Waals surface area contributed by atoms with Gasteiger partial charge in [0.2, 0.25) is 0 Å². The molecule has 0 aromatic heterocycles. The number of hydrogen-bond acceptors (Lipinski definition) is 4. The highest BCUT2D eigenvalue weighted by atomic mass is 16.6. The SMILES string of the molecule is C/C=C1\CC(C(=O)OCC)(C(=O)OCC)C\C1=C\c1cccc(C)c1. The van der Waals surface area contributed by atoms with E-state index >= 15 is 0 Å². The van der Waals surface area contributed by atoms with E-state index in [9.17, 15) is 9.59 Å². The first-order chi connectivity index (χ1) is 12.0. The molecule has 0 aliphatic heterocycles. The number of aryl methyl sites for hydroxylation is 1. The van der Waals surface area contributed by atoms with Gasteiger partial charge in [-0.25, -0.2) is 0 Å². The van der Waals surface area contributed by atoms with E-state index in [1.807, 2.05) is 44.2 Å². The highest BCUT2D eigenvalue weighted by Gasteiger charge is 2.54. The molecule has 1 fully saturated rings. The molecule has 4 heteroatoms. The van der Waals surface area contributed by atoms with E-state index in [4.69, 9.17) is 9.47 Å². The third-order valence-electron chi connectivity index (χ3n) is 4.46. The molecule has 1 aliphatic carbocycles. The van der Waals surface area contributed by atoms with Gasteiger partial charge in [-0.15, -0.1) is 0 Å². The fourth-order valence-corrected chi connectivity index (χ4v) is 3.24. The summed E-state index contributed by atoms with van der Waals surface area (Å²) in [6.07, 6.45) is 4.63. The predicted octanol–water partition coefficient (Wildman–Crippen LogP) is 4.23. The number of carbonyl (C=O) groups is 2. The maximum Gasteiger partial charge on any atom is 0.324 e. The first-order valence-corrected chi connectivity index (χ1v) is 8.74. The van der Waals surface area contributed by atoms with Crippen LogP contribution in [0.25, 0.3) is 6.08 Å². The van der Waals surface area contributed by atoms with Crippen molar-refractivity contribution in [3.63, 3.8) is 0 Å². The molecular weight excluding hydrogens is 316 g/mol. The lowest BCUT2D eigenvalue weighted by molar-refractivity contribution is -0.171. The summed E-state index contributed by atoms with van der Waals surface area (Å²) in [5, 5.41) is 0. The Morgan fingerprint density at radius 2 is 1.68 bits per heavy atom. The molecule has 0 amide bonds. The van der Waals surface area contributed by atoms with Crippen molar-refractivity contribution in [2.24, 2.45) is 5.41 Å². The zero-order chi connectivity index (χ0) is 18.4. The zero-order valence-electron chi connectivity index (χ0n) is 15.4. The average molecular weight is 342 g/mol. The fraction of sp³-hybridized carbons (Fsp3) is 0.429. The predicted molar refractivity (Wildman–Crippen MR) is 97.8 cm³/mol. The van der Waals surface area contributed by atoms with Crippen LogP contribution in [0.3, 0.4) is 0 Å². The van der Waals surface area contributed by atoms with Crippen molar-refractivity contribution in [2.45, 2.75) is 40.5 Å². The third-order valence-corrected chi connectivity index (χ3v) is 4.46. The summed E-state index contributed by atoms with van der Waals surface area (Å²) in [5.74, 6) is -0.999. The highest BCUT2D eigenvalue weighted by molar-refractivity contribution is 6.02. The van der Waals surface area contributed by atoms with E-state index in [1.165, 1.54) is 0 Å². The van der Waals surface area contributed by atoms with Gasteiger partial charge in [0.1, 0.15) is 0 Å². The second kappa shape index (κ2) is 8.15. The lowest BCUT2D eigenvalue weighted by Gasteiger charge is -2.23. The topological polar surface area (TPSA) is 52.6 Å². The quantitative estimate of drug-likeness (QED) is 0.593. The molecule has 0 spiro atoms. The molecule has 0 unspecified atom stereocenters. The Kier molecular flexibility index (Phi) is 6.18. The Balaban J connectivity index is 2.44. The van der Waals surface area contributed by atoms with Gasteiger partial charge >= 0.3 is 11.9 Å². The third kappa shape index (κ3) is 4.01. The number of ether oxygens (including phenoxy) is 2. The standard InChI is InChI=1S/C21H26O4/c1-5-17-13-21(19(22)24-6-2,20(23)25-7-3)14-18(17)12-16-10-8-9-15(4)11-16/h5,8-12H,6-7,13-14H2,1-4H3/b17-5+,18-12-. The molecule has 0 radical (unpaired) electrons. The Morgan fingerprint density at radius 1 is 1.08 bits per heavy atom. The molecule has 0 saturated heterocycles. The van der Waals surface area contributed by atoms with E-state index in [0.29, 0.717) is 12.8 Å². The summed E-state index contributed by atoms with van der Waals surface area (Å²) in [5.41, 5.74) is 2.91. The van der Waals surface area contributed by atoms with Crippen molar-refractivity contribution in [3.8, 4) is 0 Å². The molecule has 25 heavy (non-hydrogen) atoms. The molecular formula is C21H26O4. The van der Waals surface area contributed by atoms with E-state index in [-0.39, 0.29) is 13.2 Å². The molecule has 4 nitrogen and oxygen atoms in total. The maximum atomic E-state index is 12.6. The van der Waals surface area contributed by atoms with Crippen LogP contribution in [0.5, 0.6) is 0 Å². The van der Waals surface area contributed by atoms with Crippen LogP contribution < -0.4 is 0 Å². The van der Waals surface area contributed by atoms with Crippen molar-refractivity contribution < 1.29 is 19.1 Å². The van der Waals surface area contributed by atoms with Crippen LogP contribution in [0.1, 0.15) is 44.7 Å². The van der Waals surface area contributed by atoms with E-state index in [2.05, 4.69) is 6.07 Å². The molecule has 0 bridgehead atoms. The summed E-state index contributed by atoms with van der Waals surface area (Å²) < 4.78 is 10.4. The molecule has 0 heterocycles. The largest absolute Gasteiger partial charge is 0.465 e. The molecule has 1 aromatic rings. The van der Waals surface area contributed by atoms with Crippen LogP contribution in [0, 0.1) is 12.3 Å². The molecule has 1 aromatic carbocycles. The van der Waals surface area contributed by atoms with Gasteiger partial charge in [-0.1, -0.05) is 42.0 Å². The van der Waals surface area contributed by atoms with Gasteiger partial charge in [-0.3, -0.25) is 9.59 Å². The Labute approximate surface area is 149 Å². The number of carbonyl (C=O) groups excluding carboxylic acids is 2. The van der Waals surface area contributed by atoms with Gasteiger partial charge < -0.3 is 9.47 Å². The number of esters is 2. The van der Waals surface area contributed by atoms with Crippen molar-refractivity contribution in [3.05, 3.63) is 52.6 Å². The zero-order valence-corrected chi connectivity index (χ0v) is 15.4. The van der Waals surface area contributed by atoms with E-state index in [0.717, 1.165) is 22.3 Å². The van der Waals surface area contributed by atoms with Crippen LogP contribution in [-0.4, -0.2) is 25.2 Å². The smallest absolute Gasteiger partial charge is 0.324 e. The first kappa shape index (κ1) is 19.0. The van der Waals surface area contributed by atoms with Crippen LogP contribution in [0.2, 0.25) is 0 Å². The Hall–Kier alpha value is -2.36. The van der Waals surface area contributed by atoms with Crippen molar-refractivity contribution in [1.29, 1.82) is 0 Å². The van der Waals surface area contributed by atoms with Crippen LogP contribution in [0.4, 0.5) is 0 Å². The van der Waals surface area contributed by atoms with Gasteiger partial charge in [0, 0.05) is 0 Å². The number of hydrogen-bond donors (Lipinski definition) is 0. The number of rotatable bonds is 5. The minimum atomic E-state index is -1.27. The van der Waals surface area contributed by atoms with Crippen molar-refractivity contribution in [2.75, 3.05) is 13.2 Å². The van der Waals surface area contributed by atoms with Gasteiger partial charge in [0.25, 0.3) is 0 Å². The Bertz CT molecular complexity index is 694. The second-order valence-corrected chi connectivity index (χ2v) is 6.27. The molecule has 0 atom stereocenters. The summed E-state index contributed by atoms with van der Waals surface area (Å²) in [6.45, 7) is 7.92. The van der Waals surface area contributed by atoms with Crippen LogP contribution >= 0.6 is 0 Å². The van der Waals surface area contributed by atoms with E-state index < -0.39 is 17.4 Å². The van der Waals surface area contributed by atoms with E-state index in [1.54, 1.807) is 13.8 Å². The summed E-state index contributed by atoms with van der Waals surface area (Å²) in [6, 6.07) is 8.13. The minimum absolute atomic E-state index is 0.238. The second-order valence-electron chi connectivity index (χ2n) is 6.27. The molecule has 1 saturated carbocycles. The lowest BCUT2D eigenvalue weighted by Crippen LogP contribution is -2.39. The van der Waals surface area contributed by atoms with Crippen molar-refractivity contribution in [1.82, 2.24) is 0 Å². The minimum Gasteiger partial charge on any atom is -0.465 e. The van der Waals surface area contributed by atoms with Crippen LogP contribution in [0.15, 0.2) is 41.5 Å². The summed E-state index contributed by atoms with van der Waals surface area (Å²) >= 11 is 0. The monoisotopic (exact) mass is 342 g/mol. The Morgan fingerprint density at radius 3 is 2.20 bits per heavy atom. The van der Waals surface area contributed by atoms with Crippen molar-refractivity contribution >= 4 is 18.0 Å². The van der Waals surface area contributed by atoms with Gasteiger partial charge in [-0.05, 0) is 57.2 Å².